The first-order valence-electron chi connectivity index (χ1n) is 13.0. The first-order valence-corrected chi connectivity index (χ1v) is 13.0. The summed E-state index contributed by atoms with van der Waals surface area (Å²) in [6, 6.07) is 14.9. The van der Waals surface area contributed by atoms with Gasteiger partial charge in [-0.1, -0.05) is 24.3 Å². The van der Waals surface area contributed by atoms with Gasteiger partial charge in [-0.3, -0.25) is 4.79 Å². The van der Waals surface area contributed by atoms with Crippen molar-refractivity contribution < 1.29 is 28.9 Å². The molecule has 198 valence electrons. The van der Waals surface area contributed by atoms with Crippen LogP contribution in [0.2, 0.25) is 0 Å². The molecule has 5 rings (SSSR count). The Kier molecular flexibility index (Phi) is 7.93. The summed E-state index contributed by atoms with van der Waals surface area (Å²) in [5.74, 6) is 0.683. The Labute approximate surface area is 217 Å². The molecule has 2 fully saturated rings. The SMILES string of the molecule is COc1ccc(NC(=O)N2C[C@@H](O)COC[C@@H]3O[C@H](CC(=O)NC4Cc5ccccc5C4)CC[C@H]32)cc1. The van der Waals surface area contributed by atoms with E-state index in [2.05, 4.69) is 22.8 Å². The number of methoxy groups -OCH3 is 1. The van der Waals surface area contributed by atoms with Crippen LogP contribution in [-0.2, 0) is 27.1 Å². The number of fused-ring (bicyclic) bond motifs is 2. The monoisotopic (exact) mass is 509 g/mol. The van der Waals surface area contributed by atoms with Crippen LogP contribution in [0.3, 0.4) is 0 Å². The van der Waals surface area contributed by atoms with E-state index in [4.69, 9.17) is 14.2 Å². The molecular formula is C28H35N3O6. The smallest absolute Gasteiger partial charge is 0.322 e. The summed E-state index contributed by atoms with van der Waals surface area (Å²) in [5, 5.41) is 16.5. The lowest BCUT2D eigenvalue weighted by molar-refractivity contribution is -0.150. The predicted octanol–water partition coefficient (Wildman–Crippen LogP) is 2.51. The topological polar surface area (TPSA) is 109 Å². The zero-order valence-electron chi connectivity index (χ0n) is 21.1. The van der Waals surface area contributed by atoms with Gasteiger partial charge in [0.1, 0.15) is 11.9 Å². The lowest BCUT2D eigenvalue weighted by Crippen LogP contribution is -2.58. The number of nitrogens with zero attached hydrogens (tertiary/aromatic N) is 1. The van der Waals surface area contributed by atoms with Gasteiger partial charge in [0.15, 0.2) is 0 Å². The van der Waals surface area contributed by atoms with E-state index >= 15 is 0 Å². The first-order chi connectivity index (χ1) is 18.0. The Morgan fingerprint density at radius 1 is 1.05 bits per heavy atom. The van der Waals surface area contributed by atoms with Gasteiger partial charge >= 0.3 is 6.03 Å². The molecule has 0 bridgehead atoms. The van der Waals surface area contributed by atoms with Gasteiger partial charge in [-0.15, -0.1) is 0 Å². The van der Waals surface area contributed by atoms with E-state index in [1.54, 1.807) is 36.3 Å². The highest BCUT2D eigenvalue weighted by Gasteiger charge is 2.40. The van der Waals surface area contributed by atoms with Gasteiger partial charge < -0.3 is 34.9 Å². The second-order valence-electron chi connectivity index (χ2n) is 10.1. The molecular weight excluding hydrogens is 474 g/mol. The number of carbonyl (C=O) groups is 2. The molecule has 2 aromatic carbocycles. The van der Waals surface area contributed by atoms with Crippen LogP contribution in [-0.4, -0.2) is 79.2 Å². The van der Waals surface area contributed by atoms with Crippen molar-refractivity contribution in [2.75, 3.05) is 32.2 Å². The molecule has 0 radical (unpaired) electrons. The number of urea groups is 1. The fourth-order valence-corrected chi connectivity index (χ4v) is 5.60. The van der Waals surface area contributed by atoms with E-state index in [9.17, 15) is 14.7 Å². The largest absolute Gasteiger partial charge is 0.497 e. The van der Waals surface area contributed by atoms with Crippen molar-refractivity contribution in [1.82, 2.24) is 10.2 Å². The quantitative estimate of drug-likeness (QED) is 0.572. The second kappa shape index (κ2) is 11.5. The molecule has 3 amide bonds. The molecule has 2 aromatic rings. The van der Waals surface area contributed by atoms with Crippen molar-refractivity contribution in [2.24, 2.45) is 0 Å². The standard InChI is InChI=1S/C28H35N3O6/c1-35-23-8-6-20(7-9-23)30-28(34)31-15-22(32)16-36-17-26-25(31)11-10-24(37-26)14-27(33)29-21-12-18-4-2-3-5-19(18)13-21/h2-9,21-22,24-26,32H,10-17H2,1H3,(H,29,33)(H,30,34)/t22-,24+,25-,26+/m1/s1. The van der Waals surface area contributed by atoms with Gasteiger partial charge in [-0.2, -0.15) is 0 Å². The second-order valence-corrected chi connectivity index (χ2v) is 10.1. The Bertz CT molecular complexity index is 1070. The minimum absolute atomic E-state index is 0.0162. The van der Waals surface area contributed by atoms with E-state index in [0.717, 1.165) is 12.8 Å². The minimum atomic E-state index is -0.790. The van der Waals surface area contributed by atoms with Gasteiger partial charge in [-0.05, 0) is 61.1 Å². The summed E-state index contributed by atoms with van der Waals surface area (Å²) in [6.07, 6.45) is 1.86. The molecule has 4 atom stereocenters. The highest BCUT2D eigenvalue weighted by Crippen LogP contribution is 2.29. The molecule has 3 aliphatic rings. The summed E-state index contributed by atoms with van der Waals surface area (Å²) in [7, 11) is 1.59. The number of hydrogen-bond acceptors (Lipinski definition) is 6. The van der Waals surface area contributed by atoms with E-state index < -0.39 is 6.10 Å². The minimum Gasteiger partial charge on any atom is -0.497 e. The first kappa shape index (κ1) is 25.5. The van der Waals surface area contributed by atoms with Gasteiger partial charge in [0.05, 0.1) is 51.5 Å². The third-order valence-electron chi connectivity index (χ3n) is 7.41. The maximum absolute atomic E-state index is 13.2. The van der Waals surface area contributed by atoms with Crippen LogP contribution in [0.1, 0.15) is 30.4 Å². The summed E-state index contributed by atoms with van der Waals surface area (Å²) < 4.78 is 17.2. The summed E-state index contributed by atoms with van der Waals surface area (Å²) in [4.78, 5) is 27.7. The Balaban J connectivity index is 1.18. The molecule has 9 heteroatoms. The molecule has 0 saturated carbocycles. The molecule has 2 aliphatic heterocycles. The van der Waals surface area contributed by atoms with Crippen LogP contribution >= 0.6 is 0 Å². The maximum atomic E-state index is 13.2. The number of aliphatic hydroxyl groups excluding tert-OH is 1. The highest BCUT2D eigenvalue weighted by atomic mass is 16.5. The van der Waals surface area contributed by atoms with Gasteiger partial charge in [0.2, 0.25) is 5.91 Å². The number of ether oxygens (including phenoxy) is 3. The molecule has 0 unspecified atom stereocenters. The molecule has 2 saturated heterocycles. The third kappa shape index (κ3) is 6.23. The van der Waals surface area contributed by atoms with Crippen LogP contribution in [0, 0.1) is 0 Å². The molecule has 3 N–H and O–H groups in total. The zero-order valence-corrected chi connectivity index (χ0v) is 21.1. The number of carbonyl (C=O) groups excluding carboxylic acids is 2. The van der Waals surface area contributed by atoms with Gasteiger partial charge in [-0.25, -0.2) is 4.79 Å². The maximum Gasteiger partial charge on any atom is 0.322 e. The van der Waals surface area contributed by atoms with Crippen molar-refractivity contribution in [3.8, 4) is 5.75 Å². The summed E-state index contributed by atoms with van der Waals surface area (Å²) in [5.41, 5.74) is 3.23. The van der Waals surface area contributed by atoms with Crippen molar-refractivity contribution in [1.29, 1.82) is 0 Å². The normalized spacial score (nSPS) is 25.8. The van der Waals surface area contributed by atoms with E-state index in [1.807, 2.05) is 12.1 Å². The fraction of sp³-hybridized carbons (Fsp3) is 0.500. The van der Waals surface area contributed by atoms with Crippen molar-refractivity contribution >= 4 is 17.6 Å². The molecule has 9 nitrogen and oxygen atoms in total. The average molecular weight is 510 g/mol. The number of β-amino-alcohol motifs (C(OH)–C–C–N with tert-alkyl or cyclic N) is 1. The van der Waals surface area contributed by atoms with Crippen LogP contribution in [0.15, 0.2) is 48.5 Å². The van der Waals surface area contributed by atoms with Crippen molar-refractivity contribution in [3.63, 3.8) is 0 Å². The van der Waals surface area contributed by atoms with Crippen molar-refractivity contribution in [2.45, 2.75) is 62.5 Å². The van der Waals surface area contributed by atoms with Crippen molar-refractivity contribution in [3.05, 3.63) is 59.7 Å². The molecule has 0 spiro atoms. The number of anilines is 1. The highest BCUT2D eigenvalue weighted by molar-refractivity contribution is 5.89. The van der Waals surface area contributed by atoms with E-state index in [1.165, 1.54) is 11.1 Å². The van der Waals surface area contributed by atoms with E-state index in [-0.39, 0.29) is 62.4 Å². The van der Waals surface area contributed by atoms with Gasteiger partial charge in [0, 0.05) is 11.7 Å². The van der Waals surface area contributed by atoms with Gasteiger partial charge in [0.25, 0.3) is 0 Å². The number of nitrogens with one attached hydrogen (secondary N) is 2. The molecule has 1 aliphatic carbocycles. The average Bonchev–Trinajstić information content (AvgIpc) is 3.29. The van der Waals surface area contributed by atoms with Crippen LogP contribution in [0.5, 0.6) is 5.75 Å². The third-order valence-corrected chi connectivity index (χ3v) is 7.41. The predicted molar refractivity (Wildman–Crippen MR) is 138 cm³/mol. The molecule has 37 heavy (non-hydrogen) atoms. The van der Waals surface area contributed by atoms with Crippen LogP contribution < -0.4 is 15.4 Å². The molecule has 2 heterocycles. The fourth-order valence-electron chi connectivity index (χ4n) is 5.60. The number of aliphatic hydroxyl groups is 1. The zero-order chi connectivity index (χ0) is 25.8. The summed E-state index contributed by atoms with van der Waals surface area (Å²) in [6.45, 7) is 0.510. The lowest BCUT2D eigenvalue weighted by atomic mass is 9.95. The lowest BCUT2D eigenvalue weighted by Gasteiger charge is -2.44. The van der Waals surface area contributed by atoms with E-state index in [0.29, 0.717) is 24.3 Å². The summed E-state index contributed by atoms with van der Waals surface area (Å²) >= 11 is 0. The number of rotatable bonds is 5. The van der Waals surface area contributed by atoms with Crippen LogP contribution in [0.4, 0.5) is 10.5 Å². The Hall–Kier alpha value is -3.14. The molecule has 0 aromatic heterocycles. The number of benzene rings is 2. The van der Waals surface area contributed by atoms with Crippen LogP contribution in [0.25, 0.3) is 0 Å². The number of hydrogen-bond donors (Lipinski definition) is 3. The Morgan fingerprint density at radius 3 is 2.49 bits per heavy atom. The number of amides is 3. The Morgan fingerprint density at radius 2 is 1.78 bits per heavy atom.